The minimum atomic E-state index is -0.120. The van der Waals surface area contributed by atoms with Gasteiger partial charge >= 0.3 is 0 Å². The van der Waals surface area contributed by atoms with E-state index in [2.05, 4.69) is 20.6 Å². The Morgan fingerprint density at radius 1 is 0.857 bits per heavy atom. The zero-order valence-electron chi connectivity index (χ0n) is 16.9. The molecule has 0 saturated heterocycles. The zero-order valence-corrected chi connectivity index (χ0v) is 16.9. The van der Waals surface area contributed by atoms with Gasteiger partial charge in [-0.25, -0.2) is 9.97 Å². The van der Waals surface area contributed by atoms with E-state index in [1.54, 1.807) is 0 Å². The number of amides is 1. The molecule has 0 radical (unpaired) electrons. The van der Waals surface area contributed by atoms with Crippen LogP contribution in [0, 0.1) is 20.8 Å². The summed E-state index contributed by atoms with van der Waals surface area (Å²) in [6.07, 6.45) is 0. The molecule has 0 atom stereocenters. The van der Waals surface area contributed by atoms with Gasteiger partial charge in [0.25, 0.3) is 5.91 Å². The number of rotatable bonds is 5. The third-order valence-electron chi connectivity index (χ3n) is 4.47. The van der Waals surface area contributed by atoms with E-state index in [4.69, 9.17) is 0 Å². The van der Waals surface area contributed by atoms with E-state index in [0.29, 0.717) is 11.4 Å². The number of aromatic nitrogens is 2. The molecule has 2 N–H and O–H groups in total. The number of nitrogens with one attached hydrogen (secondary N) is 2. The number of hydrogen-bond donors (Lipinski definition) is 2. The van der Waals surface area contributed by atoms with Crippen LogP contribution in [0.4, 0.5) is 23.0 Å². The number of hydrogen-bond acceptors (Lipinski definition) is 5. The summed E-state index contributed by atoms with van der Waals surface area (Å²) in [4.78, 5) is 23.2. The molecule has 1 aromatic heterocycles. The number of nitrogens with zero attached hydrogens (tertiary/aromatic N) is 3. The van der Waals surface area contributed by atoms with Crippen LogP contribution in [-0.2, 0) is 0 Å². The lowest BCUT2D eigenvalue weighted by molar-refractivity contribution is 0.102. The molecule has 0 fully saturated rings. The quantitative estimate of drug-likeness (QED) is 0.689. The van der Waals surface area contributed by atoms with Gasteiger partial charge in [0.1, 0.15) is 17.5 Å². The fourth-order valence-corrected chi connectivity index (χ4v) is 2.72. The van der Waals surface area contributed by atoms with Crippen molar-refractivity contribution < 1.29 is 4.79 Å². The minimum Gasteiger partial charge on any atom is -0.363 e. The van der Waals surface area contributed by atoms with Gasteiger partial charge in [0, 0.05) is 37.1 Å². The van der Waals surface area contributed by atoms with Gasteiger partial charge in [-0.1, -0.05) is 6.07 Å². The predicted molar refractivity (Wildman–Crippen MR) is 115 cm³/mol. The van der Waals surface area contributed by atoms with Crippen LogP contribution in [0.2, 0.25) is 0 Å². The van der Waals surface area contributed by atoms with Gasteiger partial charge in [-0.15, -0.1) is 0 Å². The summed E-state index contributed by atoms with van der Waals surface area (Å²) in [5.41, 5.74) is 4.54. The topological polar surface area (TPSA) is 70.2 Å². The van der Waals surface area contributed by atoms with Crippen molar-refractivity contribution in [2.75, 3.05) is 29.6 Å². The van der Waals surface area contributed by atoms with Gasteiger partial charge in [-0.3, -0.25) is 4.79 Å². The number of anilines is 4. The molecule has 0 unspecified atom stereocenters. The Hall–Kier alpha value is -3.41. The molecule has 2 aromatic carbocycles. The zero-order chi connectivity index (χ0) is 20.3. The van der Waals surface area contributed by atoms with Crippen LogP contribution in [0.1, 0.15) is 27.3 Å². The van der Waals surface area contributed by atoms with Crippen LogP contribution < -0.4 is 15.5 Å². The van der Waals surface area contributed by atoms with E-state index in [0.717, 1.165) is 28.6 Å². The van der Waals surface area contributed by atoms with Crippen molar-refractivity contribution in [2.45, 2.75) is 20.8 Å². The Kier molecular flexibility index (Phi) is 5.59. The molecule has 28 heavy (non-hydrogen) atoms. The summed E-state index contributed by atoms with van der Waals surface area (Å²) in [5, 5.41) is 6.21. The molecule has 0 aliphatic carbocycles. The van der Waals surface area contributed by atoms with Gasteiger partial charge in [-0.05, 0) is 68.3 Å². The Balaban J connectivity index is 1.70. The summed E-state index contributed by atoms with van der Waals surface area (Å²) < 4.78 is 0. The molecule has 6 nitrogen and oxygen atoms in total. The van der Waals surface area contributed by atoms with Gasteiger partial charge < -0.3 is 15.5 Å². The Bertz CT molecular complexity index is 996. The van der Waals surface area contributed by atoms with Crippen molar-refractivity contribution in [3.8, 4) is 0 Å². The molecule has 0 spiro atoms. The minimum absolute atomic E-state index is 0.120. The first kappa shape index (κ1) is 19.4. The lowest BCUT2D eigenvalue weighted by Gasteiger charge is -2.14. The second kappa shape index (κ2) is 8.08. The van der Waals surface area contributed by atoms with E-state index in [-0.39, 0.29) is 5.91 Å². The Labute approximate surface area is 165 Å². The lowest BCUT2D eigenvalue weighted by Crippen LogP contribution is -2.12. The summed E-state index contributed by atoms with van der Waals surface area (Å²) in [5.74, 6) is 2.15. The molecular formula is C22H25N5O. The highest BCUT2D eigenvalue weighted by Crippen LogP contribution is 2.21. The molecule has 144 valence electrons. The molecule has 1 heterocycles. The number of carbonyl (C=O) groups excluding carboxylic acids is 1. The van der Waals surface area contributed by atoms with Crippen molar-refractivity contribution >= 4 is 28.9 Å². The van der Waals surface area contributed by atoms with Crippen molar-refractivity contribution in [1.29, 1.82) is 0 Å². The third-order valence-corrected chi connectivity index (χ3v) is 4.47. The maximum Gasteiger partial charge on any atom is 0.255 e. The van der Waals surface area contributed by atoms with Crippen LogP contribution in [0.15, 0.2) is 48.5 Å². The van der Waals surface area contributed by atoms with Crippen molar-refractivity contribution in [1.82, 2.24) is 9.97 Å². The van der Waals surface area contributed by atoms with Gasteiger partial charge in [0.2, 0.25) is 0 Å². The van der Waals surface area contributed by atoms with Gasteiger partial charge in [-0.2, -0.15) is 0 Å². The molecule has 0 aliphatic rings. The molecule has 0 saturated carbocycles. The van der Waals surface area contributed by atoms with Crippen LogP contribution >= 0.6 is 0 Å². The first-order valence-electron chi connectivity index (χ1n) is 9.10. The normalized spacial score (nSPS) is 10.5. The highest BCUT2D eigenvalue weighted by Gasteiger charge is 2.08. The average molecular weight is 375 g/mol. The highest BCUT2D eigenvalue weighted by atomic mass is 16.1. The lowest BCUT2D eigenvalue weighted by atomic mass is 10.1. The van der Waals surface area contributed by atoms with Crippen LogP contribution in [0.5, 0.6) is 0 Å². The summed E-state index contributed by atoms with van der Waals surface area (Å²) in [6.45, 7) is 5.90. The molecule has 0 bridgehead atoms. The third kappa shape index (κ3) is 4.65. The van der Waals surface area contributed by atoms with E-state index in [1.165, 1.54) is 5.56 Å². The fraction of sp³-hybridized carbons (Fsp3) is 0.227. The summed E-state index contributed by atoms with van der Waals surface area (Å²) in [6, 6.07) is 15.1. The second-order valence-corrected chi connectivity index (χ2v) is 7.01. The maximum atomic E-state index is 12.4. The Morgan fingerprint density at radius 2 is 1.54 bits per heavy atom. The standard InChI is InChI=1S/C22H25N5O/c1-14-6-7-17(12-15(14)2)22(28)26-19-10-8-18(9-11-19)25-20-13-21(27(4)5)24-16(3)23-20/h6-13H,1-5H3,(H,26,28)(H,23,24,25). The molecule has 3 aromatic rings. The second-order valence-electron chi connectivity index (χ2n) is 7.01. The molecule has 1 amide bonds. The molecule has 3 rings (SSSR count). The number of carbonyl (C=O) groups is 1. The van der Waals surface area contributed by atoms with E-state index in [9.17, 15) is 4.79 Å². The van der Waals surface area contributed by atoms with Crippen molar-refractivity contribution in [2.24, 2.45) is 0 Å². The van der Waals surface area contributed by atoms with E-state index in [1.807, 2.05) is 88.3 Å². The van der Waals surface area contributed by atoms with E-state index >= 15 is 0 Å². The highest BCUT2D eigenvalue weighted by molar-refractivity contribution is 6.04. The monoisotopic (exact) mass is 375 g/mol. The van der Waals surface area contributed by atoms with Gasteiger partial charge in [0.15, 0.2) is 0 Å². The summed E-state index contributed by atoms with van der Waals surface area (Å²) in [7, 11) is 3.89. The largest absolute Gasteiger partial charge is 0.363 e. The van der Waals surface area contributed by atoms with Crippen LogP contribution in [0.3, 0.4) is 0 Å². The summed E-state index contributed by atoms with van der Waals surface area (Å²) >= 11 is 0. The van der Waals surface area contributed by atoms with Crippen molar-refractivity contribution in [3.05, 3.63) is 71.0 Å². The molecular weight excluding hydrogens is 350 g/mol. The SMILES string of the molecule is Cc1nc(Nc2ccc(NC(=O)c3ccc(C)c(C)c3)cc2)cc(N(C)C)n1. The van der Waals surface area contributed by atoms with E-state index < -0.39 is 0 Å². The average Bonchev–Trinajstić information content (AvgIpc) is 2.65. The molecule has 0 aliphatic heterocycles. The van der Waals surface area contributed by atoms with Crippen LogP contribution in [0.25, 0.3) is 0 Å². The number of aryl methyl sites for hydroxylation is 3. The van der Waals surface area contributed by atoms with Crippen LogP contribution in [-0.4, -0.2) is 30.0 Å². The predicted octanol–water partition coefficient (Wildman–Crippen LogP) is 4.46. The molecule has 6 heteroatoms. The fourth-order valence-electron chi connectivity index (χ4n) is 2.72. The number of benzene rings is 2. The first-order valence-corrected chi connectivity index (χ1v) is 9.10. The first-order chi connectivity index (χ1) is 13.3. The smallest absolute Gasteiger partial charge is 0.255 e. The Morgan fingerprint density at radius 3 is 2.18 bits per heavy atom. The maximum absolute atomic E-state index is 12.4. The van der Waals surface area contributed by atoms with Gasteiger partial charge in [0.05, 0.1) is 0 Å². The van der Waals surface area contributed by atoms with Crippen molar-refractivity contribution in [3.63, 3.8) is 0 Å².